The molecule has 1 aliphatic rings. The van der Waals surface area contributed by atoms with Gasteiger partial charge in [-0.15, -0.1) is 0 Å². The molecule has 0 amide bonds. The van der Waals surface area contributed by atoms with E-state index in [1.165, 1.54) is 0 Å². The predicted molar refractivity (Wildman–Crippen MR) is 51.5 cm³/mol. The fraction of sp³-hybridized carbons (Fsp3) is 0.889. The summed E-state index contributed by atoms with van der Waals surface area (Å²) in [5.74, 6) is 0.518. The first kappa shape index (κ1) is 9.90. The second-order valence-corrected chi connectivity index (χ2v) is 4.52. The summed E-state index contributed by atoms with van der Waals surface area (Å²) in [6.45, 7) is 0. The molecule has 0 aliphatic heterocycles. The number of carbonyl (C=O) groups is 1. The van der Waals surface area contributed by atoms with Gasteiger partial charge in [-0.3, -0.25) is 4.79 Å². The van der Waals surface area contributed by atoms with Crippen molar-refractivity contribution in [2.24, 2.45) is 5.41 Å². The van der Waals surface area contributed by atoms with Crippen LogP contribution in [0.25, 0.3) is 0 Å². The van der Waals surface area contributed by atoms with E-state index >= 15 is 0 Å². The molecule has 2 nitrogen and oxygen atoms in total. The maximum atomic E-state index is 10.9. The Hall–Kier alpha value is -0.180. The molecule has 1 N–H and O–H groups in total. The molecule has 0 radical (unpaired) electrons. The average molecular weight is 188 g/mol. The molecule has 0 saturated heterocycles. The standard InChI is InChI=1S/C9H16O2S/c1-12-7-3-6-9(8(10)11)4-2-5-9/h2-7H2,1H3,(H,10,11). The number of aliphatic carboxylic acids is 1. The Morgan fingerprint density at radius 3 is 2.58 bits per heavy atom. The van der Waals surface area contributed by atoms with Crippen LogP contribution >= 0.6 is 11.8 Å². The minimum atomic E-state index is -0.574. The van der Waals surface area contributed by atoms with E-state index in [1.807, 2.05) is 0 Å². The van der Waals surface area contributed by atoms with Crippen molar-refractivity contribution in [1.82, 2.24) is 0 Å². The Morgan fingerprint density at radius 2 is 2.25 bits per heavy atom. The lowest BCUT2D eigenvalue weighted by Crippen LogP contribution is -2.37. The van der Waals surface area contributed by atoms with E-state index in [9.17, 15) is 4.79 Å². The van der Waals surface area contributed by atoms with E-state index in [4.69, 9.17) is 5.11 Å². The Labute approximate surface area is 77.7 Å². The van der Waals surface area contributed by atoms with Crippen LogP contribution in [0.15, 0.2) is 0 Å². The van der Waals surface area contributed by atoms with Gasteiger partial charge in [-0.1, -0.05) is 6.42 Å². The fourth-order valence-electron chi connectivity index (χ4n) is 1.73. The van der Waals surface area contributed by atoms with Gasteiger partial charge in [0.15, 0.2) is 0 Å². The van der Waals surface area contributed by atoms with Gasteiger partial charge < -0.3 is 5.11 Å². The Morgan fingerprint density at radius 1 is 1.58 bits per heavy atom. The van der Waals surface area contributed by atoms with Gasteiger partial charge in [-0.25, -0.2) is 0 Å². The molecule has 0 aromatic heterocycles. The molecule has 0 aromatic carbocycles. The van der Waals surface area contributed by atoms with Gasteiger partial charge in [-0.05, 0) is 37.7 Å². The predicted octanol–water partition coefficient (Wildman–Crippen LogP) is 2.38. The van der Waals surface area contributed by atoms with Crippen LogP contribution in [-0.2, 0) is 4.79 Å². The molecule has 1 rings (SSSR count). The highest BCUT2D eigenvalue weighted by Gasteiger charge is 2.43. The molecule has 1 fully saturated rings. The zero-order chi connectivity index (χ0) is 9.03. The van der Waals surface area contributed by atoms with Gasteiger partial charge in [0.1, 0.15) is 0 Å². The van der Waals surface area contributed by atoms with Crippen molar-refractivity contribution >= 4 is 17.7 Å². The lowest BCUT2D eigenvalue weighted by molar-refractivity contribution is -0.155. The summed E-state index contributed by atoms with van der Waals surface area (Å²) in [6.07, 6.45) is 6.89. The van der Waals surface area contributed by atoms with Crippen molar-refractivity contribution in [1.29, 1.82) is 0 Å². The summed E-state index contributed by atoms with van der Waals surface area (Å²) in [7, 11) is 0. The lowest BCUT2D eigenvalue weighted by atomic mass is 9.66. The van der Waals surface area contributed by atoms with E-state index in [1.54, 1.807) is 11.8 Å². The van der Waals surface area contributed by atoms with Gasteiger partial charge >= 0.3 is 5.97 Å². The maximum absolute atomic E-state index is 10.9. The van der Waals surface area contributed by atoms with Gasteiger partial charge in [0.05, 0.1) is 5.41 Å². The van der Waals surface area contributed by atoms with Crippen LogP contribution in [0.3, 0.4) is 0 Å². The van der Waals surface area contributed by atoms with E-state index in [0.29, 0.717) is 0 Å². The molecule has 0 spiro atoms. The number of carboxylic acid groups (broad SMARTS) is 1. The van der Waals surface area contributed by atoms with Crippen LogP contribution in [-0.4, -0.2) is 23.1 Å². The van der Waals surface area contributed by atoms with Gasteiger partial charge in [0.2, 0.25) is 0 Å². The zero-order valence-corrected chi connectivity index (χ0v) is 8.32. The van der Waals surface area contributed by atoms with E-state index < -0.39 is 5.97 Å². The first-order valence-corrected chi connectivity index (χ1v) is 5.83. The Balaban J connectivity index is 2.30. The molecule has 0 bridgehead atoms. The Kier molecular flexibility index (Phi) is 3.44. The van der Waals surface area contributed by atoms with Crippen LogP contribution in [0.4, 0.5) is 0 Å². The highest BCUT2D eigenvalue weighted by atomic mass is 32.2. The minimum Gasteiger partial charge on any atom is -0.481 e. The number of hydrogen-bond donors (Lipinski definition) is 1. The highest BCUT2D eigenvalue weighted by Crippen LogP contribution is 2.45. The summed E-state index contributed by atoms with van der Waals surface area (Å²) in [4.78, 5) is 10.9. The summed E-state index contributed by atoms with van der Waals surface area (Å²) in [5, 5.41) is 8.98. The molecule has 0 unspecified atom stereocenters. The van der Waals surface area contributed by atoms with Crippen molar-refractivity contribution in [2.75, 3.05) is 12.0 Å². The topological polar surface area (TPSA) is 37.3 Å². The monoisotopic (exact) mass is 188 g/mol. The molecule has 1 saturated carbocycles. The lowest BCUT2D eigenvalue weighted by Gasteiger charge is -2.37. The average Bonchev–Trinajstić information content (AvgIpc) is 1.94. The van der Waals surface area contributed by atoms with Gasteiger partial charge in [-0.2, -0.15) is 11.8 Å². The molecule has 0 heterocycles. The van der Waals surface area contributed by atoms with Crippen LogP contribution < -0.4 is 0 Å². The van der Waals surface area contributed by atoms with Crippen LogP contribution in [0, 0.1) is 5.41 Å². The molecule has 3 heteroatoms. The Bertz CT molecular complexity index is 164. The van der Waals surface area contributed by atoms with Crippen molar-refractivity contribution in [3.05, 3.63) is 0 Å². The number of thioether (sulfide) groups is 1. The summed E-state index contributed by atoms with van der Waals surface area (Å²) in [5.41, 5.74) is -0.324. The molecule has 0 aromatic rings. The third-order valence-electron chi connectivity index (χ3n) is 2.77. The van der Waals surface area contributed by atoms with Crippen molar-refractivity contribution in [2.45, 2.75) is 32.1 Å². The molecule has 0 atom stereocenters. The molecule has 12 heavy (non-hydrogen) atoms. The van der Waals surface area contributed by atoms with Gasteiger partial charge in [0.25, 0.3) is 0 Å². The normalized spacial score (nSPS) is 20.1. The van der Waals surface area contributed by atoms with E-state index in [-0.39, 0.29) is 5.41 Å². The molecule has 1 aliphatic carbocycles. The highest BCUT2D eigenvalue weighted by molar-refractivity contribution is 7.98. The van der Waals surface area contributed by atoms with Crippen molar-refractivity contribution in [3.63, 3.8) is 0 Å². The van der Waals surface area contributed by atoms with Crippen LogP contribution in [0.1, 0.15) is 32.1 Å². The molecular formula is C9H16O2S. The number of rotatable bonds is 5. The van der Waals surface area contributed by atoms with Crippen molar-refractivity contribution < 1.29 is 9.90 Å². The zero-order valence-electron chi connectivity index (χ0n) is 7.51. The fourth-order valence-corrected chi connectivity index (χ4v) is 2.16. The van der Waals surface area contributed by atoms with Crippen molar-refractivity contribution in [3.8, 4) is 0 Å². The van der Waals surface area contributed by atoms with E-state index in [2.05, 4.69) is 6.26 Å². The number of hydrogen-bond acceptors (Lipinski definition) is 2. The van der Waals surface area contributed by atoms with Crippen LogP contribution in [0.5, 0.6) is 0 Å². The first-order valence-electron chi connectivity index (χ1n) is 4.44. The SMILES string of the molecule is CSCCCC1(C(=O)O)CCC1. The second kappa shape index (κ2) is 4.17. The third-order valence-corrected chi connectivity index (χ3v) is 3.47. The summed E-state index contributed by atoms with van der Waals surface area (Å²) in [6, 6.07) is 0. The number of carboxylic acids is 1. The second-order valence-electron chi connectivity index (χ2n) is 3.54. The van der Waals surface area contributed by atoms with Crippen LogP contribution in [0.2, 0.25) is 0 Å². The first-order chi connectivity index (χ1) is 5.71. The quantitative estimate of drug-likeness (QED) is 0.673. The van der Waals surface area contributed by atoms with Gasteiger partial charge in [0, 0.05) is 0 Å². The maximum Gasteiger partial charge on any atom is 0.309 e. The molecule has 70 valence electrons. The van der Waals surface area contributed by atoms with E-state index in [0.717, 1.165) is 37.9 Å². The molecular weight excluding hydrogens is 172 g/mol. The summed E-state index contributed by atoms with van der Waals surface area (Å²) < 4.78 is 0. The third kappa shape index (κ3) is 1.94. The smallest absolute Gasteiger partial charge is 0.309 e. The minimum absolute atomic E-state index is 0.324. The largest absolute Gasteiger partial charge is 0.481 e. The summed E-state index contributed by atoms with van der Waals surface area (Å²) >= 11 is 1.80.